The van der Waals surface area contributed by atoms with Crippen molar-refractivity contribution < 1.29 is 22.7 Å². The van der Waals surface area contributed by atoms with Gasteiger partial charge >= 0.3 is 6.18 Å². The number of benzene rings is 1. The van der Waals surface area contributed by atoms with Crippen LogP contribution in [0.3, 0.4) is 0 Å². The van der Waals surface area contributed by atoms with Gasteiger partial charge in [-0.2, -0.15) is 13.2 Å². The minimum atomic E-state index is -4.45. The molecule has 1 amide bonds. The molecule has 136 valence electrons. The SMILES string of the molecule is Cc1ccc2nc(COc3cccc(C(=O)NCC(F)(F)F)c3)cn2c1. The minimum Gasteiger partial charge on any atom is -0.487 e. The van der Waals surface area contributed by atoms with Crippen LogP contribution in [0.15, 0.2) is 48.8 Å². The summed E-state index contributed by atoms with van der Waals surface area (Å²) in [7, 11) is 0. The molecule has 2 heterocycles. The number of rotatable bonds is 5. The van der Waals surface area contributed by atoms with Gasteiger partial charge in [-0.25, -0.2) is 4.98 Å². The van der Waals surface area contributed by atoms with Gasteiger partial charge in [-0.05, 0) is 36.8 Å². The van der Waals surface area contributed by atoms with Crippen LogP contribution < -0.4 is 10.1 Å². The Balaban J connectivity index is 1.65. The Hall–Kier alpha value is -3.03. The van der Waals surface area contributed by atoms with E-state index >= 15 is 0 Å². The van der Waals surface area contributed by atoms with Gasteiger partial charge in [0.05, 0.1) is 5.69 Å². The molecule has 0 atom stereocenters. The van der Waals surface area contributed by atoms with Gasteiger partial charge in [0.2, 0.25) is 0 Å². The summed E-state index contributed by atoms with van der Waals surface area (Å²) in [5.41, 5.74) is 2.68. The van der Waals surface area contributed by atoms with Crippen LogP contribution in [-0.4, -0.2) is 28.0 Å². The molecule has 3 rings (SSSR count). The summed E-state index contributed by atoms with van der Waals surface area (Å²) < 4.78 is 44.0. The first-order valence-corrected chi connectivity index (χ1v) is 7.82. The van der Waals surface area contributed by atoms with Crippen LogP contribution in [0.2, 0.25) is 0 Å². The number of aromatic nitrogens is 2. The highest BCUT2D eigenvalue weighted by atomic mass is 19.4. The maximum atomic E-state index is 12.2. The molecule has 8 heteroatoms. The molecule has 0 saturated heterocycles. The van der Waals surface area contributed by atoms with Crippen molar-refractivity contribution in [3.8, 4) is 5.75 Å². The number of carbonyl (C=O) groups excluding carboxylic acids is 1. The van der Waals surface area contributed by atoms with E-state index in [2.05, 4.69) is 4.98 Å². The minimum absolute atomic E-state index is 0.0948. The predicted octanol–water partition coefficient (Wildman–Crippen LogP) is 3.51. The molecule has 5 nitrogen and oxygen atoms in total. The summed E-state index contributed by atoms with van der Waals surface area (Å²) in [4.78, 5) is 16.2. The lowest BCUT2D eigenvalue weighted by Crippen LogP contribution is -2.33. The van der Waals surface area contributed by atoms with Gasteiger partial charge in [-0.3, -0.25) is 4.79 Å². The normalized spacial score (nSPS) is 11.5. The van der Waals surface area contributed by atoms with Crippen molar-refractivity contribution in [3.05, 3.63) is 65.6 Å². The van der Waals surface area contributed by atoms with Crippen molar-refractivity contribution in [2.24, 2.45) is 0 Å². The van der Waals surface area contributed by atoms with Gasteiger partial charge in [0.1, 0.15) is 24.5 Å². The molecule has 2 aromatic heterocycles. The zero-order valence-corrected chi connectivity index (χ0v) is 13.9. The molecule has 0 aliphatic rings. The van der Waals surface area contributed by atoms with E-state index in [0.29, 0.717) is 11.4 Å². The number of alkyl halides is 3. The van der Waals surface area contributed by atoms with Gasteiger partial charge in [-0.1, -0.05) is 12.1 Å². The molecule has 0 bridgehead atoms. The van der Waals surface area contributed by atoms with Crippen LogP contribution in [0, 0.1) is 6.92 Å². The second kappa shape index (κ2) is 7.07. The van der Waals surface area contributed by atoms with Gasteiger partial charge in [-0.15, -0.1) is 0 Å². The highest BCUT2D eigenvalue weighted by molar-refractivity contribution is 5.94. The number of aryl methyl sites for hydroxylation is 1. The van der Waals surface area contributed by atoms with Gasteiger partial charge in [0.15, 0.2) is 0 Å². The number of pyridine rings is 1. The largest absolute Gasteiger partial charge is 0.487 e. The average Bonchev–Trinajstić information content (AvgIpc) is 2.99. The van der Waals surface area contributed by atoms with Crippen molar-refractivity contribution in [2.45, 2.75) is 19.7 Å². The van der Waals surface area contributed by atoms with Crippen LogP contribution >= 0.6 is 0 Å². The van der Waals surface area contributed by atoms with Crippen LogP contribution in [0.4, 0.5) is 13.2 Å². The van der Waals surface area contributed by atoms with Crippen molar-refractivity contribution in [1.29, 1.82) is 0 Å². The zero-order chi connectivity index (χ0) is 18.7. The van der Waals surface area contributed by atoms with E-state index in [1.165, 1.54) is 12.1 Å². The van der Waals surface area contributed by atoms with E-state index in [4.69, 9.17) is 4.74 Å². The number of nitrogens with zero attached hydrogens (tertiary/aromatic N) is 2. The second-order valence-electron chi connectivity index (χ2n) is 5.82. The Kier molecular flexibility index (Phi) is 4.83. The number of carbonyl (C=O) groups is 1. The highest BCUT2D eigenvalue weighted by Gasteiger charge is 2.27. The fourth-order valence-corrected chi connectivity index (χ4v) is 2.39. The molecule has 26 heavy (non-hydrogen) atoms. The molecule has 0 unspecified atom stereocenters. The molecule has 0 spiro atoms. The number of halogens is 3. The Morgan fingerprint density at radius 1 is 1.23 bits per heavy atom. The number of imidazole rings is 1. The van der Waals surface area contributed by atoms with Crippen molar-refractivity contribution in [3.63, 3.8) is 0 Å². The highest BCUT2D eigenvalue weighted by Crippen LogP contribution is 2.17. The molecule has 3 aromatic rings. The quantitative estimate of drug-likeness (QED) is 0.755. The Morgan fingerprint density at radius 2 is 2.04 bits per heavy atom. The van der Waals surface area contributed by atoms with Crippen LogP contribution in [0.1, 0.15) is 21.6 Å². The standard InChI is InChI=1S/C18H16F3N3O2/c1-12-5-6-16-23-14(9-24(16)8-12)10-26-15-4-2-3-13(7-15)17(25)22-11-18(19,20)21/h2-9H,10-11H2,1H3,(H,22,25). The summed E-state index contributed by atoms with van der Waals surface area (Å²) in [6, 6.07) is 9.84. The predicted molar refractivity (Wildman–Crippen MR) is 89.1 cm³/mol. The molecule has 1 aromatic carbocycles. The van der Waals surface area contributed by atoms with Gasteiger partial charge in [0.25, 0.3) is 5.91 Å². The number of nitrogens with one attached hydrogen (secondary N) is 1. The fourth-order valence-electron chi connectivity index (χ4n) is 2.39. The first kappa shape index (κ1) is 17.8. The summed E-state index contributed by atoms with van der Waals surface area (Å²) in [5, 5.41) is 1.83. The molecule has 0 aliphatic heterocycles. The topological polar surface area (TPSA) is 55.6 Å². The number of fused-ring (bicyclic) bond motifs is 1. The number of amides is 1. The van der Waals surface area contributed by atoms with Crippen molar-refractivity contribution in [1.82, 2.24) is 14.7 Å². The average molecular weight is 363 g/mol. The van der Waals surface area contributed by atoms with E-state index in [1.54, 1.807) is 12.1 Å². The van der Waals surface area contributed by atoms with Crippen LogP contribution in [-0.2, 0) is 6.61 Å². The lowest BCUT2D eigenvalue weighted by atomic mass is 10.2. The lowest BCUT2D eigenvalue weighted by molar-refractivity contribution is -0.123. The maximum absolute atomic E-state index is 12.2. The first-order valence-electron chi connectivity index (χ1n) is 7.82. The Labute approximate surface area is 147 Å². The van der Waals surface area contributed by atoms with E-state index < -0.39 is 18.6 Å². The fraction of sp³-hybridized carbons (Fsp3) is 0.222. The molecule has 0 aliphatic carbocycles. The lowest BCUT2D eigenvalue weighted by Gasteiger charge is -2.09. The van der Waals surface area contributed by atoms with Crippen LogP contribution in [0.5, 0.6) is 5.75 Å². The van der Waals surface area contributed by atoms with E-state index in [0.717, 1.165) is 11.2 Å². The zero-order valence-electron chi connectivity index (χ0n) is 13.9. The van der Waals surface area contributed by atoms with Crippen molar-refractivity contribution >= 4 is 11.6 Å². The Bertz CT molecular complexity index is 935. The summed E-state index contributed by atoms with van der Waals surface area (Å²) in [6.45, 7) is 0.775. The molecule has 0 saturated carbocycles. The second-order valence-corrected chi connectivity index (χ2v) is 5.82. The van der Waals surface area contributed by atoms with E-state index in [1.807, 2.05) is 41.2 Å². The molecular weight excluding hydrogens is 347 g/mol. The first-order chi connectivity index (χ1) is 12.3. The van der Waals surface area contributed by atoms with Gasteiger partial charge in [0, 0.05) is 18.0 Å². The van der Waals surface area contributed by atoms with Crippen molar-refractivity contribution in [2.75, 3.05) is 6.54 Å². The Morgan fingerprint density at radius 3 is 2.81 bits per heavy atom. The summed E-state index contributed by atoms with van der Waals surface area (Å²) >= 11 is 0. The third-order valence-corrected chi connectivity index (χ3v) is 3.58. The molecular formula is C18H16F3N3O2. The molecule has 1 N–H and O–H groups in total. The number of hydrogen-bond donors (Lipinski definition) is 1. The summed E-state index contributed by atoms with van der Waals surface area (Å²) in [6.07, 6.45) is -0.676. The van der Waals surface area contributed by atoms with E-state index in [-0.39, 0.29) is 12.2 Å². The number of ether oxygens (including phenoxy) is 1. The van der Waals surface area contributed by atoms with E-state index in [9.17, 15) is 18.0 Å². The third-order valence-electron chi connectivity index (χ3n) is 3.58. The molecule has 0 radical (unpaired) electrons. The molecule has 0 fully saturated rings. The monoisotopic (exact) mass is 363 g/mol. The summed E-state index contributed by atoms with van der Waals surface area (Å²) in [5.74, 6) is -0.436. The number of hydrogen-bond acceptors (Lipinski definition) is 3. The maximum Gasteiger partial charge on any atom is 0.405 e. The van der Waals surface area contributed by atoms with Crippen LogP contribution in [0.25, 0.3) is 5.65 Å². The van der Waals surface area contributed by atoms with Gasteiger partial charge < -0.3 is 14.5 Å². The smallest absolute Gasteiger partial charge is 0.405 e. The third kappa shape index (κ3) is 4.53.